The second-order valence-electron chi connectivity index (χ2n) is 6.75. The number of ether oxygens (including phenoxy) is 1. The number of aryl methyl sites for hydroxylation is 2. The smallest absolute Gasteiger partial charge is 0.274 e. The highest BCUT2D eigenvalue weighted by atomic mass is 16.5. The van der Waals surface area contributed by atoms with E-state index in [0.29, 0.717) is 5.39 Å². The van der Waals surface area contributed by atoms with E-state index < -0.39 is 0 Å². The van der Waals surface area contributed by atoms with E-state index in [9.17, 15) is 4.79 Å². The summed E-state index contributed by atoms with van der Waals surface area (Å²) >= 11 is 0. The summed E-state index contributed by atoms with van der Waals surface area (Å²) < 4.78 is 6.90. The zero-order valence-corrected chi connectivity index (χ0v) is 15.4. The van der Waals surface area contributed by atoms with Gasteiger partial charge in [-0.25, -0.2) is 4.68 Å². The minimum atomic E-state index is -0.105. The van der Waals surface area contributed by atoms with Crippen LogP contribution in [0.15, 0.2) is 35.1 Å². The monoisotopic (exact) mass is 349 g/mol. The first kappa shape index (κ1) is 16.8. The van der Waals surface area contributed by atoms with Gasteiger partial charge in [0.05, 0.1) is 18.2 Å². The zero-order valence-electron chi connectivity index (χ0n) is 15.4. The lowest BCUT2D eigenvalue weighted by Gasteiger charge is -2.18. The van der Waals surface area contributed by atoms with E-state index in [1.165, 1.54) is 15.8 Å². The molecule has 0 atom stereocenters. The molecule has 1 N–H and O–H groups in total. The molecule has 4 rings (SSSR count). The van der Waals surface area contributed by atoms with Crippen molar-refractivity contribution in [3.05, 3.63) is 57.4 Å². The van der Waals surface area contributed by atoms with Gasteiger partial charge in [-0.1, -0.05) is 19.1 Å². The molecule has 2 heterocycles. The van der Waals surface area contributed by atoms with Gasteiger partial charge in [-0.05, 0) is 54.3 Å². The molecule has 0 fully saturated rings. The van der Waals surface area contributed by atoms with Crippen LogP contribution in [0.5, 0.6) is 5.75 Å². The molecule has 2 aromatic carbocycles. The number of nitrogens with zero attached hydrogens (tertiary/aromatic N) is 2. The van der Waals surface area contributed by atoms with Crippen molar-refractivity contribution in [3.8, 4) is 17.0 Å². The van der Waals surface area contributed by atoms with Crippen LogP contribution in [0.2, 0.25) is 0 Å². The highest BCUT2D eigenvalue weighted by Gasteiger charge is 2.16. The van der Waals surface area contributed by atoms with Crippen LogP contribution in [0.4, 0.5) is 0 Å². The lowest BCUT2D eigenvalue weighted by molar-refractivity contribution is 0.411. The molecule has 5 heteroatoms. The third-order valence-electron chi connectivity index (χ3n) is 5.20. The molecule has 1 aliphatic heterocycles. The Kier molecular flexibility index (Phi) is 4.24. The molecule has 0 saturated heterocycles. The largest absolute Gasteiger partial charge is 0.496 e. The number of hydrogen-bond acceptors (Lipinski definition) is 4. The molecule has 0 aliphatic carbocycles. The lowest BCUT2D eigenvalue weighted by Crippen LogP contribution is -2.23. The summed E-state index contributed by atoms with van der Waals surface area (Å²) in [6.07, 6.45) is 1.85. The van der Waals surface area contributed by atoms with E-state index in [1.807, 2.05) is 6.07 Å². The van der Waals surface area contributed by atoms with Crippen LogP contribution in [-0.2, 0) is 26.4 Å². The van der Waals surface area contributed by atoms with Crippen LogP contribution in [-0.4, -0.2) is 23.4 Å². The quantitative estimate of drug-likeness (QED) is 0.790. The van der Waals surface area contributed by atoms with E-state index in [-0.39, 0.29) is 5.56 Å². The highest BCUT2D eigenvalue weighted by Crippen LogP contribution is 2.31. The highest BCUT2D eigenvalue weighted by molar-refractivity contribution is 5.95. The number of hydrogen-bond donors (Lipinski definition) is 1. The van der Waals surface area contributed by atoms with Gasteiger partial charge in [-0.2, -0.15) is 5.10 Å². The third-order valence-corrected chi connectivity index (χ3v) is 5.20. The van der Waals surface area contributed by atoms with Gasteiger partial charge >= 0.3 is 0 Å². The topological polar surface area (TPSA) is 56.2 Å². The minimum Gasteiger partial charge on any atom is -0.496 e. The SMILES string of the molecule is CCc1cc2c(-c3ccc4c(c3)CCNC4)nn(C)c(=O)c2cc1OC. The molecule has 134 valence electrons. The van der Waals surface area contributed by atoms with Crippen LogP contribution < -0.4 is 15.6 Å². The van der Waals surface area contributed by atoms with Crippen molar-refractivity contribution in [2.45, 2.75) is 26.3 Å². The average molecular weight is 349 g/mol. The van der Waals surface area contributed by atoms with Gasteiger partial charge in [0, 0.05) is 24.5 Å². The standard InChI is InChI=1S/C21H23N3O2/c1-4-13-10-17-18(11-19(13)26-3)21(25)24(2)23-20(17)15-5-6-16-12-22-8-7-14(16)9-15/h5-6,9-11,22H,4,7-8,12H2,1-3H3. The van der Waals surface area contributed by atoms with Gasteiger partial charge in [-0.3, -0.25) is 4.79 Å². The van der Waals surface area contributed by atoms with Crippen LogP contribution >= 0.6 is 0 Å². The molecule has 1 aromatic heterocycles. The number of methoxy groups -OCH3 is 1. The molecule has 0 bridgehead atoms. The normalized spacial score (nSPS) is 13.7. The minimum absolute atomic E-state index is 0.105. The van der Waals surface area contributed by atoms with E-state index in [2.05, 4.69) is 41.6 Å². The van der Waals surface area contributed by atoms with Gasteiger partial charge in [0.25, 0.3) is 5.56 Å². The summed E-state index contributed by atoms with van der Waals surface area (Å²) in [6, 6.07) is 10.4. The van der Waals surface area contributed by atoms with Crippen LogP contribution in [0, 0.1) is 0 Å². The molecule has 3 aromatic rings. The molecule has 1 aliphatic rings. The van der Waals surface area contributed by atoms with E-state index in [0.717, 1.165) is 53.9 Å². The molecule has 0 unspecified atom stereocenters. The molecule has 0 amide bonds. The fraction of sp³-hybridized carbons (Fsp3) is 0.333. The lowest BCUT2D eigenvalue weighted by atomic mass is 9.95. The van der Waals surface area contributed by atoms with Gasteiger partial charge < -0.3 is 10.1 Å². The maximum Gasteiger partial charge on any atom is 0.274 e. The van der Waals surface area contributed by atoms with Crippen molar-refractivity contribution >= 4 is 10.8 Å². The van der Waals surface area contributed by atoms with Crippen molar-refractivity contribution in [2.24, 2.45) is 7.05 Å². The first-order chi connectivity index (χ1) is 12.6. The summed E-state index contributed by atoms with van der Waals surface area (Å²) in [6.45, 7) is 3.99. The maximum absolute atomic E-state index is 12.6. The fourth-order valence-corrected chi connectivity index (χ4v) is 3.73. The fourth-order valence-electron chi connectivity index (χ4n) is 3.73. The molecule has 0 radical (unpaired) electrons. The maximum atomic E-state index is 12.6. The predicted octanol–water partition coefficient (Wildman–Crippen LogP) is 2.82. The second-order valence-corrected chi connectivity index (χ2v) is 6.75. The average Bonchev–Trinajstić information content (AvgIpc) is 2.69. The molecular weight excluding hydrogens is 326 g/mol. The van der Waals surface area contributed by atoms with Gasteiger partial charge in [0.2, 0.25) is 0 Å². The first-order valence-corrected chi connectivity index (χ1v) is 9.03. The number of fused-ring (bicyclic) bond motifs is 2. The van der Waals surface area contributed by atoms with Crippen LogP contribution in [0.1, 0.15) is 23.6 Å². The summed E-state index contributed by atoms with van der Waals surface area (Å²) in [5, 5.41) is 9.53. The van der Waals surface area contributed by atoms with Crippen LogP contribution in [0.3, 0.4) is 0 Å². The first-order valence-electron chi connectivity index (χ1n) is 9.03. The number of nitrogens with one attached hydrogen (secondary N) is 1. The summed E-state index contributed by atoms with van der Waals surface area (Å²) in [5.41, 5.74) is 5.57. The van der Waals surface area contributed by atoms with Crippen molar-refractivity contribution in [1.82, 2.24) is 15.1 Å². The van der Waals surface area contributed by atoms with Crippen molar-refractivity contribution in [1.29, 1.82) is 0 Å². The zero-order chi connectivity index (χ0) is 18.3. The Bertz CT molecular complexity index is 1050. The Morgan fingerprint density at radius 2 is 2.04 bits per heavy atom. The Balaban J connectivity index is 2.00. The van der Waals surface area contributed by atoms with Gasteiger partial charge in [0.1, 0.15) is 5.75 Å². The molecule has 5 nitrogen and oxygen atoms in total. The van der Waals surface area contributed by atoms with Crippen molar-refractivity contribution in [2.75, 3.05) is 13.7 Å². The Morgan fingerprint density at radius 3 is 2.81 bits per heavy atom. The second kappa shape index (κ2) is 6.57. The summed E-state index contributed by atoms with van der Waals surface area (Å²) in [7, 11) is 3.35. The Hall–Kier alpha value is -2.66. The van der Waals surface area contributed by atoms with Crippen molar-refractivity contribution < 1.29 is 4.74 Å². The van der Waals surface area contributed by atoms with E-state index >= 15 is 0 Å². The predicted molar refractivity (Wildman–Crippen MR) is 104 cm³/mol. The Morgan fingerprint density at radius 1 is 1.19 bits per heavy atom. The molecule has 0 saturated carbocycles. The summed E-state index contributed by atoms with van der Waals surface area (Å²) in [4.78, 5) is 12.6. The van der Waals surface area contributed by atoms with Crippen LogP contribution in [0.25, 0.3) is 22.0 Å². The Labute approximate surface area is 152 Å². The van der Waals surface area contributed by atoms with Gasteiger partial charge in [0.15, 0.2) is 0 Å². The molecule has 26 heavy (non-hydrogen) atoms. The van der Waals surface area contributed by atoms with Gasteiger partial charge in [-0.15, -0.1) is 0 Å². The molecular formula is C21H23N3O2. The van der Waals surface area contributed by atoms with E-state index in [4.69, 9.17) is 4.74 Å². The summed E-state index contributed by atoms with van der Waals surface area (Å²) in [5.74, 6) is 0.755. The number of rotatable bonds is 3. The number of aromatic nitrogens is 2. The van der Waals surface area contributed by atoms with Crippen molar-refractivity contribution in [3.63, 3.8) is 0 Å². The third kappa shape index (κ3) is 2.69. The molecule has 0 spiro atoms. The number of benzene rings is 2. The van der Waals surface area contributed by atoms with E-state index in [1.54, 1.807) is 14.2 Å².